The van der Waals surface area contributed by atoms with Crippen LogP contribution in [0.3, 0.4) is 0 Å². The van der Waals surface area contributed by atoms with Crippen molar-refractivity contribution in [3.8, 4) is 22.4 Å². The molecule has 0 spiro atoms. The molecular weight excluding hydrogens is 487 g/mol. The number of methoxy groups -OCH3 is 1. The summed E-state index contributed by atoms with van der Waals surface area (Å²) < 4.78 is 4.87. The summed E-state index contributed by atoms with van der Waals surface area (Å²) in [6.07, 6.45) is 0. The molecule has 28 heavy (non-hydrogen) atoms. The molecular formula is C19H9Cl6NO2. The number of hydrogen-bond acceptors (Lipinski definition) is 3. The zero-order chi connectivity index (χ0) is 20.6. The van der Waals surface area contributed by atoms with Crippen LogP contribution in [0, 0.1) is 0 Å². The maximum Gasteiger partial charge on any atom is 0.357 e. The van der Waals surface area contributed by atoms with Crippen LogP contribution < -0.4 is 0 Å². The first kappa shape index (κ1) is 21.5. The third kappa shape index (κ3) is 3.93. The van der Waals surface area contributed by atoms with Gasteiger partial charge in [-0.3, -0.25) is 0 Å². The van der Waals surface area contributed by atoms with E-state index in [1.807, 2.05) is 0 Å². The van der Waals surface area contributed by atoms with Crippen LogP contribution in [-0.4, -0.2) is 18.1 Å². The summed E-state index contributed by atoms with van der Waals surface area (Å²) in [5.41, 5.74) is 1.85. The number of benzene rings is 2. The van der Waals surface area contributed by atoms with Gasteiger partial charge in [-0.15, -0.1) is 0 Å². The van der Waals surface area contributed by atoms with Crippen molar-refractivity contribution in [3.63, 3.8) is 0 Å². The molecule has 0 aliphatic heterocycles. The predicted molar refractivity (Wildman–Crippen MR) is 117 cm³/mol. The lowest BCUT2D eigenvalue weighted by Gasteiger charge is -2.13. The second-order valence-corrected chi connectivity index (χ2v) is 7.86. The first-order valence-corrected chi connectivity index (χ1v) is 9.90. The van der Waals surface area contributed by atoms with Crippen molar-refractivity contribution in [2.45, 2.75) is 0 Å². The fourth-order valence-electron chi connectivity index (χ4n) is 2.54. The van der Waals surface area contributed by atoms with Gasteiger partial charge in [0.2, 0.25) is 0 Å². The number of aromatic nitrogens is 1. The average Bonchev–Trinajstić information content (AvgIpc) is 2.70. The minimum atomic E-state index is -0.657. The van der Waals surface area contributed by atoms with Gasteiger partial charge in [-0.2, -0.15) is 0 Å². The third-order valence-electron chi connectivity index (χ3n) is 3.91. The molecule has 0 saturated carbocycles. The highest BCUT2D eigenvalue weighted by Crippen LogP contribution is 2.41. The molecule has 0 unspecified atom stereocenters. The molecule has 0 fully saturated rings. The molecule has 3 rings (SSSR count). The molecule has 9 heteroatoms. The Morgan fingerprint density at radius 1 is 0.714 bits per heavy atom. The zero-order valence-electron chi connectivity index (χ0n) is 14.0. The fourth-order valence-corrected chi connectivity index (χ4v) is 3.81. The summed E-state index contributed by atoms with van der Waals surface area (Å²) in [6, 6.07) is 9.81. The summed E-state index contributed by atoms with van der Waals surface area (Å²) in [5.74, 6) is -0.657. The zero-order valence-corrected chi connectivity index (χ0v) is 18.5. The molecule has 0 saturated heterocycles. The van der Waals surface area contributed by atoms with Crippen LogP contribution in [0.2, 0.25) is 30.1 Å². The molecule has 0 radical (unpaired) electrons. The van der Waals surface area contributed by atoms with E-state index in [1.54, 1.807) is 36.4 Å². The van der Waals surface area contributed by atoms with Gasteiger partial charge in [0, 0.05) is 16.7 Å². The summed E-state index contributed by atoms with van der Waals surface area (Å²) in [4.78, 5) is 16.8. The van der Waals surface area contributed by atoms with Gasteiger partial charge in [0.1, 0.15) is 0 Å². The number of ether oxygens (including phenoxy) is 1. The fraction of sp³-hybridized carbons (Fsp3) is 0.0526. The van der Waals surface area contributed by atoms with Crippen molar-refractivity contribution < 1.29 is 9.53 Å². The second-order valence-electron chi connectivity index (χ2n) is 5.53. The normalized spacial score (nSPS) is 10.8. The summed E-state index contributed by atoms with van der Waals surface area (Å²) in [7, 11) is 1.25. The summed E-state index contributed by atoms with van der Waals surface area (Å²) in [5, 5.41) is 1.39. The van der Waals surface area contributed by atoms with Crippen molar-refractivity contribution in [1.29, 1.82) is 0 Å². The van der Waals surface area contributed by atoms with E-state index in [2.05, 4.69) is 4.98 Å². The maximum atomic E-state index is 12.4. The highest BCUT2D eigenvalue weighted by molar-refractivity contribution is 6.50. The summed E-state index contributed by atoms with van der Waals surface area (Å²) >= 11 is 36.8. The molecule has 0 aliphatic carbocycles. The summed E-state index contributed by atoms with van der Waals surface area (Å²) in [6.45, 7) is 0. The number of rotatable bonds is 3. The molecule has 0 amide bonds. The van der Waals surface area contributed by atoms with E-state index in [1.165, 1.54) is 7.11 Å². The topological polar surface area (TPSA) is 39.2 Å². The van der Waals surface area contributed by atoms with Crippen LogP contribution in [0.1, 0.15) is 10.5 Å². The Morgan fingerprint density at radius 2 is 1.21 bits per heavy atom. The molecule has 0 N–H and O–H groups in total. The van der Waals surface area contributed by atoms with Crippen LogP contribution in [0.5, 0.6) is 0 Å². The van der Waals surface area contributed by atoms with Gasteiger partial charge < -0.3 is 4.74 Å². The molecule has 0 bridgehead atoms. The smallest absolute Gasteiger partial charge is 0.357 e. The van der Waals surface area contributed by atoms with E-state index in [-0.39, 0.29) is 25.8 Å². The monoisotopic (exact) mass is 493 g/mol. The van der Waals surface area contributed by atoms with Gasteiger partial charge >= 0.3 is 5.97 Å². The Labute approximate surface area is 191 Å². The molecule has 144 valence electrons. The number of nitrogens with zero attached hydrogens (tertiary/aromatic N) is 1. The first-order chi connectivity index (χ1) is 13.3. The van der Waals surface area contributed by atoms with Gasteiger partial charge in [0.05, 0.1) is 42.9 Å². The van der Waals surface area contributed by atoms with E-state index < -0.39 is 5.97 Å². The maximum absolute atomic E-state index is 12.4. The van der Waals surface area contributed by atoms with Gasteiger partial charge in [-0.1, -0.05) is 75.7 Å². The quantitative estimate of drug-likeness (QED) is 0.272. The highest BCUT2D eigenvalue weighted by Gasteiger charge is 2.21. The molecule has 2 aromatic carbocycles. The van der Waals surface area contributed by atoms with Crippen LogP contribution in [0.4, 0.5) is 0 Å². The van der Waals surface area contributed by atoms with E-state index in [0.29, 0.717) is 32.4 Å². The molecule has 0 aliphatic rings. The van der Waals surface area contributed by atoms with E-state index >= 15 is 0 Å². The Hall–Kier alpha value is -1.20. The Morgan fingerprint density at radius 3 is 1.79 bits per heavy atom. The van der Waals surface area contributed by atoms with E-state index in [0.717, 1.165) is 0 Å². The lowest BCUT2D eigenvalue weighted by Crippen LogP contribution is -2.08. The Balaban J connectivity index is 2.24. The molecule has 3 aromatic rings. The van der Waals surface area contributed by atoms with Crippen LogP contribution in [-0.2, 0) is 4.74 Å². The van der Waals surface area contributed by atoms with Crippen molar-refractivity contribution in [1.82, 2.24) is 4.98 Å². The second kappa shape index (κ2) is 8.66. The number of pyridine rings is 1. The SMILES string of the molecule is COC(=O)c1nc(-c2ccc(Cl)c(Cl)c2Cl)ccc1-c1ccc(Cl)c(Cl)c1Cl. The van der Waals surface area contributed by atoms with Gasteiger partial charge in [-0.05, 0) is 30.3 Å². The van der Waals surface area contributed by atoms with E-state index in [9.17, 15) is 4.79 Å². The first-order valence-electron chi connectivity index (χ1n) is 7.63. The minimum Gasteiger partial charge on any atom is -0.464 e. The third-order valence-corrected chi connectivity index (χ3v) is 6.50. The largest absolute Gasteiger partial charge is 0.464 e. The Bertz CT molecular complexity index is 1100. The molecule has 3 nitrogen and oxygen atoms in total. The van der Waals surface area contributed by atoms with Crippen molar-refractivity contribution in [2.24, 2.45) is 0 Å². The molecule has 1 aromatic heterocycles. The molecule has 0 atom stereocenters. The van der Waals surface area contributed by atoms with Crippen LogP contribution in [0.25, 0.3) is 22.4 Å². The Kier molecular flexibility index (Phi) is 6.65. The van der Waals surface area contributed by atoms with Gasteiger partial charge in [-0.25, -0.2) is 9.78 Å². The van der Waals surface area contributed by atoms with Crippen molar-refractivity contribution in [3.05, 3.63) is 72.2 Å². The lowest BCUT2D eigenvalue weighted by molar-refractivity contribution is 0.0595. The standard InChI is InChI=1S/C19H9Cl6NO2/c1-28-19(27)18-9(8-2-5-11(20)16(24)14(8)22)4-7-13(26-18)10-3-6-12(21)17(25)15(10)23/h2-7H,1H3. The highest BCUT2D eigenvalue weighted by atomic mass is 35.5. The average molecular weight is 496 g/mol. The van der Waals surface area contributed by atoms with E-state index in [4.69, 9.17) is 74.3 Å². The number of hydrogen-bond donors (Lipinski definition) is 0. The van der Waals surface area contributed by atoms with Crippen molar-refractivity contribution in [2.75, 3.05) is 7.11 Å². The lowest BCUT2D eigenvalue weighted by atomic mass is 10.0. The van der Waals surface area contributed by atoms with Crippen LogP contribution in [0.15, 0.2) is 36.4 Å². The molecule has 1 heterocycles. The van der Waals surface area contributed by atoms with Crippen LogP contribution >= 0.6 is 69.6 Å². The van der Waals surface area contributed by atoms with Gasteiger partial charge in [0.25, 0.3) is 0 Å². The minimum absolute atomic E-state index is 0.0300. The predicted octanol–water partition coefficient (Wildman–Crippen LogP) is 8.12. The van der Waals surface area contributed by atoms with Crippen molar-refractivity contribution >= 4 is 75.6 Å². The number of carbonyl (C=O) groups is 1. The number of halogens is 6. The number of carbonyl (C=O) groups excluding carboxylic acids is 1. The van der Waals surface area contributed by atoms with Gasteiger partial charge in [0.15, 0.2) is 5.69 Å². The number of esters is 1.